The van der Waals surface area contributed by atoms with Gasteiger partial charge in [-0.3, -0.25) is 0 Å². The van der Waals surface area contributed by atoms with Crippen LogP contribution >= 0.6 is 0 Å². The molecule has 7 heteroatoms. The average molecular weight is 370 g/mol. The van der Waals surface area contributed by atoms with Gasteiger partial charge < -0.3 is 15.0 Å². The second kappa shape index (κ2) is 7.13. The standard InChI is InChI=1S/C20H23FN4O2/c1-3-27-19(26)16-9-23-20(25-10-14-7-15(14)11-25)24-18(16)22-8-13-5-4-12(2)17(21)6-13/h4-6,9,14-15H,3,7-8,10-11H2,1-2H3,(H,22,23,24). The number of carbonyl (C=O) groups excluding carboxylic acids is 1. The number of aromatic nitrogens is 2. The third-order valence-corrected chi connectivity index (χ3v) is 5.23. The summed E-state index contributed by atoms with van der Waals surface area (Å²) in [6.07, 6.45) is 2.81. The Morgan fingerprint density at radius 2 is 2.15 bits per heavy atom. The number of esters is 1. The molecule has 2 aliphatic rings. The van der Waals surface area contributed by atoms with Gasteiger partial charge in [0.2, 0.25) is 5.95 Å². The van der Waals surface area contributed by atoms with Crippen LogP contribution in [0.25, 0.3) is 0 Å². The number of ether oxygens (including phenoxy) is 1. The predicted molar refractivity (Wildman–Crippen MR) is 100 cm³/mol. The number of benzene rings is 1. The lowest BCUT2D eigenvalue weighted by molar-refractivity contribution is 0.0526. The van der Waals surface area contributed by atoms with Crippen LogP contribution in [0.5, 0.6) is 0 Å². The Labute approximate surface area is 157 Å². The van der Waals surface area contributed by atoms with Gasteiger partial charge in [0.15, 0.2) is 0 Å². The molecule has 2 aromatic rings. The molecule has 4 rings (SSSR count). The van der Waals surface area contributed by atoms with Crippen LogP contribution in [0.1, 0.15) is 34.8 Å². The first-order valence-corrected chi connectivity index (χ1v) is 9.33. The zero-order chi connectivity index (χ0) is 19.0. The second-order valence-corrected chi connectivity index (χ2v) is 7.25. The van der Waals surface area contributed by atoms with Gasteiger partial charge in [-0.05, 0) is 49.3 Å². The summed E-state index contributed by atoms with van der Waals surface area (Å²) in [6, 6.07) is 5.08. The van der Waals surface area contributed by atoms with Gasteiger partial charge >= 0.3 is 5.97 Å². The van der Waals surface area contributed by atoms with Gasteiger partial charge in [-0.15, -0.1) is 0 Å². The van der Waals surface area contributed by atoms with Crippen LogP contribution < -0.4 is 10.2 Å². The highest BCUT2D eigenvalue weighted by Gasteiger charge is 2.45. The lowest BCUT2D eigenvalue weighted by Gasteiger charge is -2.19. The van der Waals surface area contributed by atoms with E-state index < -0.39 is 5.97 Å². The van der Waals surface area contributed by atoms with Crippen LogP contribution in [0.3, 0.4) is 0 Å². The molecule has 1 N–H and O–H groups in total. The molecule has 2 atom stereocenters. The molecule has 142 valence electrons. The van der Waals surface area contributed by atoms with Crippen molar-refractivity contribution < 1.29 is 13.9 Å². The number of halogens is 1. The number of piperidine rings is 1. The van der Waals surface area contributed by atoms with Crippen molar-refractivity contribution in [2.45, 2.75) is 26.8 Å². The monoisotopic (exact) mass is 370 g/mol. The fourth-order valence-corrected chi connectivity index (χ4v) is 3.51. The zero-order valence-electron chi connectivity index (χ0n) is 15.5. The number of fused-ring (bicyclic) bond motifs is 1. The zero-order valence-corrected chi connectivity index (χ0v) is 15.5. The van der Waals surface area contributed by atoms with Crippen LogP contribution in [-0.4, -0.2) is 35.6 Å². The fourth-order valence-electron chi connectivity index (χ4n) is 3.51. The van der Waals surface area contributed by atoms with E-state index >= 15 is 0 Å². The van der Waals surface area contributed by atoms with Crippen LogP contribution in [-0.2, 0) is 11.3 Å². The lowest BCUT2D eigenvalue weighted by atomic mass is 10.1. The van der Waals surface area contributed by atoms with Crippen molar-refractivity contribution in [2.24, 2.45) is 11.8 Å². The smallest absolute Gasteiger partial charge is 0.343 e. The van der Waals surface area contributed by atoms with Crippen LogP contribution in [0.2, 0.25) is 0 Å². The number of rotatable bonds is 6. The fraction of sp³-hybridized carbons (Fsp3) is 0.450. The Morgan fingerprint density at radius 3 is 2.85 bits per heavy atom. The van der Waals surface area contributed by atoms with Gasteiger partial charge in [-0.25, -0.2) is 14.2 Å². The molecule has 2 unspecified atom stereocenters. The highest BCUT2D eigenvalue weighted by Crippen LogP contribution is 2.45. The molecule has 1 aliphatic carbocycles. The van der Waals surface area contributed by atoms with Gasteiger partial charge in [-0.2, -0.15) is 4.98 Å². The van der Waals surface area contributed by atoms with E-state index in [-0.39, 0.29) is 18.0 Å². The topological polar surface area (TPSA) is 67.3 Å². The summed E-state index contributed by atoms with van der Waals surface area (Å²) in [5.41, 5.74) is 1.66. The summed E-state index contributed by atoms with van der Waals surface area (Å²) >= 11 is 0. The van der Waals surface area contributed by atoms with Crippen LogP contribution in [0.4, 0.5) is 16.2 Å². The highest BCUT2D eigenvalue weighted by atomic mass is 19.1. The molecule has 1 aromatic heterocycles. The Hall–Kier alpha value is -2.70. The van der Waals surface area contributed by atoms with E-state index in [1.54, 1.807) is 19.9 Å². The average Bonchev–Trinajstić information content (AvgIpc) is 3.28. The molecule has 1 saturated heterocycles. The van der Waals surface area contributed by atoms with E-state index in [0.717, 1.165) is 30.5 Å². The molecule has 27 heavy (non-hydrogen) atoms. The van der Waals surface area contributed by atoms with Crippen LogP contribution in [0, 0.1) is 24.6 Å². The van der Waals surface area contributed by atoms with Crippen LogP contribution in [0.15, 0.2) is 24.4 Å². The summed E-state index contributed by atoms with van der Waals surface area (Å²) in [7, 11) is 0. The van der Waals surface area contributed by atoms with Crippen molar-refractivity contribution in [1.29, 1.82) is 0 Å². The van der Waals surface area contributed by atoms with Crippen molar-refractivity contribution in [3.63, 3.8) is 0 Å². The molecule has 2 heterocycles. The van der Waals surface area contributed by atoms with E-state index in [0.29, 0.717) is 23.9 Å². The number of nitrogens with zero attached hydrogens (tertiary/aromatic N) is 3. The Kier molecular flexibility index (Phi) is 4.68. The molecule has 0 spiro atoms. The van der Waals surface area contributed by atoms with E-state index in [1.165, 1.54) is 18.7 Å². The van der Waals surface area contributed by atoms with Crippen molar-refractivity contribution in [2.75, 3.05) is 29.9 Å². The summed E-state index contributed by atoms with van der Waals surface area (Å²) in [5.74, 6) is 1.83. The van der Waals surface area contributed by atoms with Gasteiger partial charge in [-0.1, -0.05) is 12.1 Å². The van der Waals surface area contributed by atoms with Crippen molar-refractivity contribution in [3.05, 3.63) is 46.9 Å². The molecule has 0 radical (unpaired) electrons. The molecule has 0 bridgehead atoms. The molecule has 1 aliphatic heterocycles. The minimum atomic E-state index is -0.467. The Balaban J connectivity index is 1.56. The van der Waals surface area contributed by atoms with Gasteiger partial charge in [0, 0.05) is 25.8 Å². The minimum absolute atomic E-state index is 0.250. The van der Waals surface area contributed by atoms with Gasteiger partial charge in [0.05, 0.1) is 6.61 Å². The normalized spacial score (nSPS) is 20.3. The second-order valence-electron chi connectivity index (χ2n) is 7.25. The maximum absolute atomic E-state index is 13.8. The summed E-state index contributed by atoms with van der Waals surface area (Å²) in [6.45, 7) is 6.04. The van der Waals surface area contributed by atoms with E-state index in [9.17, 15) is 9.18 Å². The minimum Gasteiger partial charge on any atom is -0.462 e. The number of anilines is 2. The maximum Gasteiger partial charge on any atom is 0.343 e. The molecular weight excluding hydrogens is 347 g/mol. The lowest BCUT2D eigenvalue weighted by Crippen LogP contribution is -2.25. The molecule has 2 fully saturated rings. The predicted octanol–water partition coefficient (Wildman–Crippen LogP) is 3.17. The summed E-state index contributed by atoms with van der Waals surface area (Å²) in [5, 5.41) is 3.16. The third kappa shape index (κ3) is 3.72. The first-order chi connectivity index (χ1) is 13.0. The maximum atomic E-state index is 13.8. The third-order valence-electron chi connectivity index (χ3n) is 5.23. The number of hydrogen-bond donors (Lipinski definition) is 1. The Bertz CT molecular complexity index is 863. The van der Waals surface area contributed by atoms with E-state index in [4.69, 9.17) is 4.74 Å². The SMILES string of the molecule is CCOC(=O)c1cnc(N2CC3CC3C2)nc1NCc1ccc(C)c(F)c1. The first kappa shape index (κ1) is 17.7. The van der Waals surface area contributed by atoms with Gasteiger partial charge in [0.25, 0.3) is 0 Å². The molecule has 1 aromatic carbocycles. The van der Waals surface area contributed by atoms with Crippen molar-refractivity contribution in [1.82, 2.24) is 9.97 Å². The summed E-state index contributed by atoms with van der Waals surface area (Å²) < 4.78 is 18.9. The van der Waals surface area contributed by atoms with E-state index in [1.807, 2.05) is 6.07 Å². The van der Waals surface area contributed by atoms with E-state index in [2.05, 4.69) is 20.2 Å². The quantitative estimate of drug-likeness (QED) is 0.788. The number of carbonyl (C=O) groups is 1. The molecule has 0 amide bonds. The largest absolute Gasteiger partial charge is 0.462 e. The van der Waals surface area contributed by atoms with Crippen molar-refractivity contribution >= 4 is 17.7 Å². The molecule has 6 nitrogen and oxygen atoms in total. The Morgan fingerprint density at radius 1 is 1.37 bits per heavy atom. The first-order valence-electron chi connectivity index (χ1n) is 9.33. The molecule has 1 saturated carbocycles. The number of nitrogens with one attached hydrogen (secondary N) is 1. The number of aryl methyl sites for hydroxylation is 1. The van der Waals surface area contributed by atoms with Gasteiger partial charge in [0.1, 0.15) is 17.2 Å². The number of hydrogen-bond acceptors (Lipinski definition) is 6. The summed E-state index contributed by atoms with van der Waals surface area (Å²) in [4.78, 5) is 23.4. The molecular formula is C20H23FN4O2. The van der Waals surface area contributed by atoms with Crippen molar-refractivity contribution in [3.8, 4) is 0 Å². The highest BCUT2D eigenvalue weighted by molar-refractivity contribution is 5.94.